The molecular weight excluding hydrogens is 496 g/mol. The van der Waals surface area contributed by atoms with Gasteiger partial charge in [-0.15, -0.1) is 0 Å². The monoisotopic (exact) mass is 524 g/mol. The van der Waals surface area contributed by atoms with Crippen LogP contribution in [0.3, 0.4) is 0 Å². The average molecular weight is 525 g/mol. The Morgan fingerprint density at radius 2 is 1.44 bits per heavy atom. The topological polar surface area (TPSA) is 95.5 Å². The maximum absolute atomic E-state index is 12.4. The van der Waals surface area contributed by atoms with Gasteiger partial charge in [0, 0.05) is 0 Å². The van der Waals surface area contributed by atoms with Gasteiger partial charge in [0.05, 0.1) is 18.4 Å². The Morgan fingerprint density at radius 3 is 2.13 bits per heavy atom. The fraction of sp³-hybridized carbons (Fsp3) is 0.129. The van der Waals surface area contributed by atoms with E-state index in [1.54, 1.807) is 66.7 Å². The maximum atomic E-state index is 12.4. The van der Waals surface area contributed by atoms with Crippen molar-refractivity contribution in [2.75, 3.05) is 13.2 Å². The lowest BCUT2D eigenvalue weighted by Crippen LogP contribution is -2.24. The molecule has 0 fully saturated rings. The van der Waals surface area contributed by atoms with Crippen LogP contribution in [0.25, 0.3) is 0 Å². The molecule has 198 valence electrons. The first-order valence-corrected chi connectivity index (χ1v) is 12.4. The second-order valence-corrected chi connectivity index (χ2v) is 8.22. The third-order valence-electron chi connectivity index (χ3n) is 5.32. The Morgan fingerprint density at radius 1 is 0.769 bits per heavy atom. The molecule has 0 aliphatic heterocycles. The van der Waals surface area contributed by atoms with Crippen molar-refractivity contribution in [2.45, 2.75) is 13.5 Å². The second-order valence-electron chi connectivity index (χ2n) is 8.22. The first-order valence-electron chi connectivity index (χ1n) is 12.4. The minimum Gasteiger partial charge on any atom is -0.490 e. The quantitative estimate of drug-likeness (QED) is 0.115. The lowest BCUT2D eigenvalue weighted by molar-refractivity contribution is -0.123. The van der Waals surface area contributed by atoms with Crippen LogP contribution in [0.4, 0.5) is 0 Å². The number of ether oxygens (including phenoxy) is 4. The van der Waals surface area contributed by atoms with Crippen molar-refractivity contribution < 1.29 is 28.5 Å². The van der Waals surface area contributed by atoms with Crippen molar-refractivity contribution in [1.82, 2.24) is 5.43 Å². The van der Waals surface area contributed by atoms with Crippen LogP contribution < -0.4 is 24.4 Å². The van der Waals surface area contributed by atoms with Gasteiger partial charge in [0.2, 0.25) is 0 Å². The van der Waals surface area contributed by atoms with Crippen molar-refractivity contribution >= 4 is 18.1 Å². The third kappa shape index (κ3) is 8.46. The van der Waals surface area contributed by atoms with Crippen LogP contribution >= 0.6 is 0 Å². The van der Waals surface area contributed by atoms with Gasteiger partial charge in [0.1, 0.15) is 18.1 Å². The van der Waals surface area contributed by atoms with Crippen molar-refractivity contribution in [2.24, 2.45) is 5.10 Å². The highest BCUT2D eigenvalue weighted by Gasteiger charge is 2.13. The highest BCUT2D eigenvalue weighted by atomic mass is 16.6. The summed E-state index contributed by atoms with van der Waals surface area (Å²) in [6.45, 7) is 2.47. The van der Waals surface area contributed by atoms with Crippen LogP contribution in [0.2, 0.25) is 0 Å². The molecule has 0 aliphatic rings. The van der Waals surface area contributed by atoms with Gasteiger partial charge in [-0.2, -0.15) is 5.10 Å². The lowest BCUT2D eigenvalue weighted by Gasteiger charge is -2.11. The summed E-state index contributed by atoms with van der Waals surface area (Å²) in [6, 6.07) is 30.6. The number of hydrogen-bond acceptors (Lipinski definition) is 7. The van der Waals surface area contributed by atoms with E-state index >= 15 is 0 Å². The predicted octanol–water partition coefficient (Wildman–Crippen LogP) is 5.41. The molecule has 0 spiro atoms. The largest absolute Gasteiger partial charge is 0.490 e. The van der Waals surface area contributed by atoms with E-state index in [1.807, 2.05) is 43.3 Å². The summed E-state index contributed by atoms with van der Waals surface area (Å²) < 4.78 is 22.4. The maximum Gasteiger partial charge on any atom is 0.343 e. The number of benzene rings is 4. The SMILES string of the molecule is CCOc1cc(C=NNC(=O)COc2ccc(OCc3ccccc3)cc2)ccc1OC(=O)c1ccccc1. The minimum atomic E-state index is -0.486. The van der Waals surface area contributed by atoms with Crippen LogP contribution in [0.15, 0.2) is 108 Å². The van der Waals surface area contributed by atoms with E-state index in [0.29, 0.717) is 41.6 Å². The molecule has 8 nitrogen and oxygen atoms in total. The van der Waals surface area contributed by atoms with Gasteiger partial charge >= 0.3 is 5.97 Å². The summed E-state index contributed by atoms with van der Waals surface area (Å²) in [7, 11) is 0. The highest BCUT2D eigenvalue weighted by molar-refractivity contribution is 5.91. The Balaban J connectivity index is 1.25. The van der Waals surface area contributed by atoms with E-state index in [4.69, 9.17) is 18.9 Å². The Labute approximate surface area is 226 Å². The van der Waals surface area contributed by atoms with Gasteiger partial charge in [0.25, 0.3) is 5.91 Å². The number of esters is 1. The first kappa shape index (κ1) is 26.9. The molecule has 39 heavy (non-hydrogen) atoms. The molecule has 0 aliphatic carbocycles. The molecule has 0 saturated carbocycles. The van der Waals surface area contributed by atoms with Gasteiger partial charge in [-0.05, 0) is 72.6 Å². The molecular formula is C31H28N2O6. The molecule has 8 heteroatoms. The van der Waals surface area contributed by atoms with Crippen LogP contribution in [0, 0.1) is 0 Å². The second kappa shape index (κ2) is 14.0. The summed E-state index contributed by atoms with van der Waals surface area (Å²) in [4.78, 5) is 24.6. The number of amides is 1. The van der Waals surface area contributed by atoms with Crippen molar-refractivity contribution in [3.63, 3.8) is 0 Å². The van der Waals surface area contributed by atoms with Gasteiger partial charge < -0.3 is 18.9 Å². The highest BCUT2D eigenvalue weighted by Crippen LogP contribution is 2.29. The molecule has 1 amide bonds. The molecule has 4 aromatic rings. The fourth-order valence-corrected chi connectivity index (χ4v) is 3.42. The van der Waals surface area contributed by atoms with Crippen LogP contribution in [-0.2, 0) is 11.4 Å². The fourth-order valence-electron chi connectivity index (χ4n) is 3.42. The van der Waals surface area contributed by atoms with E-state index in [0.717, 1.165) is 5.56 Å². The predicted molar refractivity (Wildman–Crippen MR) is 147 cm³/mol. The standard InChI is InChI=1S/C31H28N2O6/c1-2-36-29-19-24(13-18-28(29)39-31(35)25-11-7-4-8-12-25)20-32-33-30(34)22-38-27-16-14-26(15-17-27)37-21-23-9-5-3-6-10-23/h3-20H,2,21-22H2,1H3,(H,33,34). The Hall–Kier alpha value is -5.11. The Bertz CT molecular complexity index is 1390. The van der Waals surface area contributed by atoms with Gasteiger partial charge in [-0.1, -0.05) is 48.5 Å². The number of nitrogens with zero attached hydrogens (tertiary/aromatic N) is 1. The minimum absolute atomic E-state index is 0.208. The smallest absolute Gasteiger partial charge is 0.343 e. The molecule has 0 aromatic heterocycles. The number of rotatable bonds is 12. The van der Waals surface area contributed by atoms with E-state index in [-0.39, 0.29) is 12.4 Å². The molecule has 0 bridgehead atoms. The molecule has 4 rings (SSSR count). The van der Waals surface area contributed by atoms with E-state index in [2.05, 4.69) is 10.5 Å². The van der Waals surface area contributed by atoms with Gasteiger partial charge in [0.15, 0.2) is 18.1 Å². The van der Waals surface area contributed by atoms with E-state index in [9.17, 15) is 9.59 Å². The first-order chi connectivity index (χ1) is 19.1. The zero-order valence-corrected chi connectivity index (χ0v) is 21.4. The number of hydrazone groups is 1. The number of carbonyl (C=O) groups excluding carboxylic acids is 2. The number of carbonyl (C=O) groups is 2. The molecule has 4 aromatic carbocycles. The lowest BCUT2D eigenvalue weighted by atomic mass is 10.2. The van der Waals surface area contributed by atoms with Gasteiger partial charge in [-0.25, -0.2) is 10.2 Å². The number of nitrogens with one attached hydrogen (secondary N) is 1. The summed E-state index contributed by atoms with van der Waals surface area (Å²) in [5, 5.41) is 3.97. The van der Waals surface area contributed by atoms with Crippen LogP contribution in [0.5, 0.6) is 23.0 Å². The van der Waals surface area contributed by atoms with Crippen molar-refractivity contribution in [3.05, 3.63) is 120 Å². The molecule has 0 atom stereocenters. The summed E-state index contributed by atoms with van der Waals surface area (Å²) in [6.07, 6.45) is 1.46. The van der Waals surface area contributed by atoms with E-state index < -0.39 is 11.9 Å². The van der Waals surface area contributed by atoms with E-state index in [1.165, 1.54) is 6.21 Å². The molecule has 0 saturated heterocycles. The molecule has 0 heterocycles. The number of hydrogen-bond donors (Lipinski definition) is 1. The van der Waals surface area contributed by atoms with Crippen molar-refractivity contribution in [3.8, 4) is 23.0 Å². The Kier molecular flexibility index (Phi) is 9.67. The zero-order chi connectivity index (χ0) is 27.3. The average Bonchev–Trinajstić information content (AvgIpc) is 2.98. The van der Waals surface area contributed by atoms with Crippen LogP contribution in [0.1, 0.15) is 28.4 Å². The summed E-state index contributed by atoms with van der Waals surface area (Å²) >= 11 is 0. The van der Waals surface area contributed by atoms with Crippen LogP contribution in [-0.4, -0.2) is 31.3 Å². The summed E-state index contributed by atoms with van der Waals surface area (Å²) in [5.74, 6) is 0.998. The zero-order valence-electron chi connectivity index (χ0n) is 21.4. The van der Waals surface area contributed by atoms with Gasteiger partial charge in [-0.3, -0.25) is 4.79 Å². The molecule has 0 radical (unpaired) electrons. The molecule has 0 unspecified atom stereocenters. The summed E-state index contributed by atoms with van der Waals surface area (Å²) in [5.41, 5.74) is 4.58. The molecule has 1 N–H and O–H groups in total. The van der Waals surface area contributed by atoms with Crippen molar-refractivity contribution in [1.29, 1.82) is 0 Å². The third-order valence-corrected chi connectivity index (χ3v) is 5.32. The normalized spacial score (nSPS) is 10.6.